The molecule has 1 aliphatic carbocycles. The van der Waals surface area contributed by atoms with Crippen LogP contribution >= 0.6 is 0 Å². The van der Waals surface area contributed by atoms with Crippen LogP contribution in [0.4, 0.5) is 10.7 Å². The van der Waals surface area contributed by atoms with Gasteiger partial charge in [0.15, 0.2) is 0 Å². The second-order valence-corrected chi connectivity index (χ2v) is 6.54. The third kappa shape index (κ3) is 3.88. The fraction of sp³-hybridized carbons (Fsp3) is 0.444. The van der Waals surface area contributed by atoms with Gasteiger partial charge in [0.1, 0.15) is 0 Å². The Bertz CT molecular complexity index is 681. The van der Waals surface area contributed by atoms with Crippen LogP contribution in [0.1, 0.15) is 33.1 Å². The molecular weight excluding hydrogens is 302 g/mol. The lowest BCUT2D eigenvalue weighted by Crippen LogP contribution is -2.47. The third-order valence-corrected chi connectivity index (χ3v) is 4.70. The zero-order chi connectivity index (χ0) is 16.9. The molecule has 1 saturated carbocycles. The number of carbonyl (C=O) groups excluding carboxylic acids is 1. The molecule has 1 aromatic heterocycles. The fourth-order valence-electron chi connectivity index (χ4n) is 3.36. The van der Waals surface area contributed by atoms with Crippen LogP contribution in [0.3, 0.4) is 0 Å². The zero-order valence-electron chi connectivity index (χ0n) is 14.1. The van der Waals surface area contributed by atoms with E-state index in [0.29, 0.717) is 17.5 Å². The number of carbonyl (C=O) groups is 1. The molecule has 0 radical (unpaired) electrons. The van der Waals surface area contributed by atoms with Crippen LogP contribution in [0.5, 0.6) is 0 Å². The van der Waals surface area contributed by atoms with Gasteiger partial charge in [0.25, 0.3) is 5.95 Å². The third-order valence-electron chi connectivity index (χ3n) is 4.70. The largest absolute Gasteiger partial charge is 0.335 e. The molecule has 0 saturated heterocycles. The van der Waals surface area contributed by atoms with Gasteiger partial charge in [-0.15, -0.1) is 5.10 Å². The first-order valence-corrected chi connectivity index (χ1v) is 8.46. The number of benzene rings is 1. The van der Waals surface area contributed by atoms with Crippen LogP contribution in [0.15, 0.2) is 36.5 Å². The SMILES string of the molecule is C[C@@H]1CCC[C@@H](C)C1NC(=O)Nc1nncc(-c2ccccc2)n1. The van der Waals surface area contributed by atoms with Crippen LogP contribution < -0.4 is 10.6 Å². The number of rotatable bonds is 3. The summed E-state index contributed by atoms with van der Waals surface area (Å²) in [6.45, 7) is 4.38. The molecule has 0 spiro atoms. The second-order valence-electron chi connectivity index (χ2n) is 6.54. The van der Waals surface area contributed by atoms with Crippen molar-refractivity contribution < 1.29 is 4.79 Å². The summed E-state index contributed by atoms with van der Waals surface area (Å²) < 4.78 is 0. The van der Waals surface area contributed by atoms with Gasteiger partial charge in [0, 0.05) is 11.6 Å². The highest BCUT2D eigenvalue weighted by Crippen LogP contribution is 2.28. The number of amides is 2. The maximum atomic E-state index is 12.3. The van der Waals surface area contributed by atoms with Gasteiger partial charge in [-0.25, -0.2) is 9.78 Å². The van der Waals surface area contributed by atoms with E-state index in [9.17, 15) is 4.79 Å². The lowest BCUT2D eigenvalue weighted by atomic mass is 9.79. The highest BCUT2D eigenvalue weighted by molar-refractivity contribution is 5.87. The van der Waals surface area contributed by atoms with Crippen molar-refractivity contribution >= 4 is 12.0 Å². The molecule has 24 heavy (non-hydrogen) atoms. The van der Waals surface area contributed by atoms with Crippen molar-refractivity contribution in [2.24, 2.45) is 11.8 Å². The quantitative estimate of drug-likeness (QED) is 0.905. The summed E-state index contributed by atoms with van der Waals surface area (Å²) in [7, 11) is 0. The number of anilines is 1. The van der Waals surface area contributed by atoms with Gasteiger partial charge in [-0.2, -0.15) is 5.10 Å². The minimum absolute atomic E-state index is 0.184. The molecule has 2 amide bonds. The summed E-state index contributed by atoms with van der Waals surface area (Å²) in [6.07, 6.45) is 5.12. The van der Waals surface area contributed by atoms with Crippen LogP contribution in [0, 0.1) is 11.8 Å². The van der Waals surface area contributed by atoms with E-state index < -0.39 is 0 Å². The van der Waals surface area contributed by atoms with Crippen molar-refractivity contribution in [2.75, 3.05) is 5.32 Å². The highest BCUT2D eigenvalue weighted by atomic mass is 16.2. The first-order valence-electron chi connectivity index (χ1n) is 8.46. The Hall–Kier alpha value is -2.50. The predicted octanol–water partition coefficient (Wildman–Crippen LogP) is 3.48. The standard InChI is InChI=1S/C18H23N5O/c1-12-7-6-8-13(2)16(12)21-18(24)22-17-20-15(11-19-23-17)14-9-4-3-5-10-14/h3-5,9-13,16H,6-8H2,1-2H3,(H2,20,21,22,23,24)/t12-,13-/m1/s1. The first kappa shape index (κ1) is 16.4. The van der Waals surface area contributed by atoms with Crippen LogP contribution in [0.25, 0.3) is 11.3 Å². The summed E-state index contributed by atoms with van der Waals surface area (Å²) in [6, 6.07) is 9.61. The lowest BCUT2D eigenvalue weighted by Gasteiger charge is -2.34. The van der Waals surface area contributed by atoms with Crippen molar-refractivity contribution in [3.63, 3.8) is 0 Å². The molecule has 0 aliphatic heterocycles. The van der Waals surface area contributed by atoms with Crippen molar-refractivity contribution in [1.29, 1.82) is 0 Å². The highest BCUT2D eigenvalue weighted by Gasteiger charge is 2.29. The van der Waals surface area contributed by atoms with Crippen molar-refractivity contribution in [2.45, 2.75) is 39.2 Å². The zero-order valence-corrected chi connectivity index (χ0v) is 14.1. The Morgan fingerprint density at radius 2 is 1.83 bits per heavy atom. The molecule has 1 heterocycles. The van der Waals surface area contributed by atoms with E-state index in [4.69, 9.17) is 0 Å². The van der Waals surface area contributed by atoms with Crippen molar-refractivity contribution in [3.05, 3.63) is 36.5 Å². The van der Waals surface area contributed by atoms with Crippen LogP contribution in [-0.4, -0.2) is 27.3 Å². The molecular formula is C18H23N5O. The molecule has 2 atom stereocenters. The smallest absolute Gasteiger partial charge is 0.321 e. The van der Waals surface area contributed by atoms with Gasteiger partial charge < -0.3 is 5.32 Å². The van der Waals surface area contributed by atoms with Gasteiger partial charge in [0.2, 0.25) is 0 Å². The van der Waals surface area contributed by atoms with Gasteiger partial charge in [0.05, 0.1) is 11.9 Å². The van der Waals surface area contributed by atoms with Gasteiger partial charge >= 0.3 is 6.03 Å². The predicted molar refractivity (Wildman–Crippen MR) is 93.4 cm³/mol. The Labute approximate surface area is 142 Å². The van der Waals surface area contributed by atoms with Gasteiger partial charge in [-0.1, -0.05) is 50.6 Å². The average Bonchev–Trinajstić information content (AvgIpc) is 2.59. The van der Waals surface area contributed by atoms with Gasteiger partial charge in [-0.05, 0) is 24.7 Å². The number of hydrogen-bond donors (Lipinski definition) is 2. The molecule has 6 nitrogen and oxygen atoms in total. The Balaban J connectivity index is 1.66. The summed E-state index contributed by atoms with van der Waals surface area (Å²) in [4.78, 5) is 16.7. The van der Waals surface area contributed by atoms with E-state index in [1.54, 1.807) is 6.20 Å². The molecule has 126 valence electrons. The number of aromatic nitrogens is 3. The van der Waals surface area contributed by atoms with E-state index in [1.165, 1.54) is 6.42 Å². The average molecular weight is 325 g/mol. The number of nitrogens with one attached hydrogen (secondary N) is 2. The van der Waals surface area contributed by atoms with E-state index >= 15 is 0 Å². The Morgan fingerprint density at radius 1 is 1.12 bits per heavy atom. The molecule has 2 N–H and O–H groups in total. The second kappa shape index (κ2) is 7.38. The molecule has 6 heteroatoms. The Kier molecular flexibility index (Phi) is 5.03. The molecule has 1 aromatic carbocycles. The van der Waals surface area contributed by atoms with Crippen molar-refractivity contribution in [1.82, 2.24) is 20.5 Å². The van der Waals surface area contributed by atoms with Crippen LogP contribution in [0.2, 0.25) is 0 Å². The lowest BCUT2D eigenvalue weighted by molar-refractivity contribution is 0.201. The van der Waals surface area contributed by atoms with Crippen LogP contribution in [-0.2, 0) is 0 Å². The normalized spacial score (nSPS) is 21.2. The minimum atomic E-state index is -0.271. The molecule has 1 aliphatic rings. The van der Waals surface area contributed by atoms with E-state index in [2.05, 4.69) is 39.7 Å². The first-order chi connectivity index (χ1) is 11.6. The summed E-state index contributed by atoms with van der Waals surface area (Å²) >= 11 is 0. The fourth-order valence-corrected chi connectivity index (χ4v) is 3.36. The minimum Gasteiger partial charge on any atom is -0.335 e. The molecule has 2 aromatic rings. The van der Waals surface area contributed by atoms with Crippen molar-refractivity contribution in [3.8, 4) is 11.3 Å². The molecule has 3 rings (SSSR count). The summed E-state index contributed by atoms with van der Waals surface area (Å²) in [5.41, 5.74) is 1.62. The van der Waals surface area contributed by atoms with E-state index in [1.807, 2.05) is 30.3 Å². The van der Waals surface area contributed by atoms with E-state index in [-0.39, 0.29) is 18.0 Å². The maximum Gasteiger partial charge on any atom is 0.321 e. The molecule has 1 fully saturated rings. The number of hydrogen-bond acceptors (Lipinski definition) is 4. The monoisotopic (exact) mass is 325 g/mol. The number of nitrogens with zero attached hydrogens (tertiary/aromatic N) is 3. The molecule has 0 unspecified atom stereocenters. The van der Waals surface area contributed by atoms with E-state index in [0.717, 1.165) is 18.4 Å². The summed E-state index contributed by atoms with van der Waals surface area (Å²) in [5, 5.41) is 13.6. The van der Waals surface area contributed by atoms with Gasteiger partial charge in [-0.3, -0.25) is 5.32 Å². The number of urea groups is 1. The maximum absolute atomic E-state index is 12.3. The Morgan fingerprint density at radius 3 is 2.54 bits per heavy atom. The topological polar surface area (TPSA) is 79.8 Å². The molecule has 0 bridgehead atoms. The summed E-state index contributed by atoms with van der Waals surface area (Å²) in [5.74, 6) is 1.17.